The Balaban J connectivity index is 1.36. The molecule has 3 N–H and O–H groups in total. The lowest BCUT2D eigenvalue weighted by molar-refractivity contribution is -0.124. The number of nitrogens with one attached hydrogen (secondary N) is 2. The van der Waals surface area contributed by atoms with Gasteiger partial charge >= 0.3 is 0 Å². The van der Waals surface area contributed by atoms with Gasteiger partial charge in [0.1, 0.15) is 0 Å². The molecule has 4 bridgehead atoms. The first-order valence-corrected chi connectivity index (χ1v) is 9.10. The van der Waals surface area contributed by atoms with Gasteiger partial charge < -0.3 is 5.32 Å². The van der Waals surface area contributed by atoms with E-state index in [9.17, 15) is 4.79 Å². The first-order chi connectivity index (χ1) is 11.6. The zero-order valence-electron chi connectivity index (χ0n) is 14.0. The smallest absolute Gasteiger partial charge is 0.267 e. The first-order valence-electron chi connectivity index (χ1n) is 9.10. The summed E-state index contributed by atoms with van der Waals surface area (Å²) in [4.78, 5) is 11.0. The van der Waals surface area contributed by atoms with Gasteiger partial charge in [0.25, 0.3) is 5.91 Å². The van der Waals surface area contributed by atoms with Gasteiger partial charge in [0.05, 0.1) is 0 Å². The molecule has 5 rings (SSSR count). The number of hydroxylamine groups is 1. The SMILES string of the molecule is O=C(C=Cc1ccc(CNC23CC4CC(CC(C4)C2)C3)cc1)NO. The molecule has 24 heavy (non-hydrogen) atoms. The Morgan fingerprint density at radius 3 is 2.21 bits per heavy atom. The van der Waals surface area contributed by atoms with Crippen molar-refractivity contribution in [3.63, 3.8) is 0 Å². The Morgan fingerprint density at radius 1 is 1.08 bits per heavy atom. The molecule has 0 saturated heterocycles. The second kappa shape index (κ2) is 6.34. The number of hydrogen-bond donors (Lipinski definition) is 3. The minimum atomic E-state index is -0.512. The van der Waals surface area contributed by atoms with Crippen LogP contribution in [-0.4, -0.2) is 16.7 Å². The molecule has 0 unspecified atom stereocenters. The summed E-state index contributed by atoms with van der Waals surface area (Å²) in [7, 11) is 0. The number of carbonyl (C=O) groups excluding carboxylic acids is 1. The van der Waals surface area contributed by atoms with E-state index < -0.39 is 5.91 Å². The van der Waals surface area contributed by atoms with E-state index in [1.807, 2.05) is 12.1 Å². The molecule has 0 heterocycles. The Morgan fingerprint density at radius 2 is 1.67 bits per heavy atom. The molecule has 0 spiro atoms. The van der Waals surface area contributed by atoms with E-state index in [1.165, 1.54) is 50.2 Å². The van der Waals surface area contributed by atoms with E-state index >= 15 is 0 Å². The van der Waals surface area contributed by atoms with E-state index in [4.69, 9.17) is 5.21 Å². The summed E-state index contributed by atoms with van der Waals surface area (Å²) in [5, 5.41) is 12.4. The van der Waals surface area contributed by atoms with Crippen molar-refractivity contribution in [3.05, 3.63) is 41.5 Å². The van der Waals surface area contributed by atoms with Crippen molar-refractivity contribution in [2.75, 3.05) is 0 Å². The van der Waals surface area contributed by atoms with Crippen LogP contribution in [0.25, 0.3) is 6.08 Å². The van der Waals surface area contributed by atoms with Gasteiger partial charge in [-0.15, -0.1) is 0 Å². The van der Waals surface area contributed by atoms with Crippen LogP contribution in [-0.2, 0) is 11.3 Å². The van der Waals surface area contributed by atoms with Crippen LogP contribution in [0.2, 0.25) is 0 Å². The molecule has 0 aromatic heterocycles. The average molecular weight is 326 g/mol. The van der Waals surface area contributed by atoms with Crippen molar-refractivity contribution in [1.29, 1.82) is 0 Å². The molecule has 0 radical (unpaired) electrons. The number of benzene rings is 1. The predicted octanol–water partition coefficient (Wildman–Crippen LogP) is 3.26. The molecule has 4 aliphatic carbocycles. The molecule has 4 saturated carbocycles. The summed E-state index contributed by atoms with van der Waals surface area (Å²) in [6.07, 6.45) is 11.6. The largest absolute Gasteiger partial charge is 0.307 e. The van der Waals surface area contributed by atoms with Gasteiger partial charge in [0.15, 0.2) is 0 Å². The summed E-state index contributed by atoms with van der Waals surface area (Å²) in [6.45, 7) is 0.924. The minimum absolute atomic E-state index is 0.395. The maximum atomic E-state index is 11.0. The van der Waals surface area contributed by atoms with E-state index in [1.54, 1.807) is 11.6 Å². The van der Waals surface area contributed by atoms with Crippen LogP contribution in [0.3, 0.4) is 0 Å². The number of rotatable bonds is 5. The van der Waals surface area contributed by atoms with Crippen LogP contribution < -0.4 is 10.8 Å². The van der Waals surface area contributed by atoms with Gasteiger partial charge in [0, 0.05) is 18.2 Å². The molecular formula is C20H26N2O2. The van der Waals surface area contributed by atoms with Gasteiger partial charge in [-0.3, -0.25) is 10.0 Å². The highest BCUT2D eigenvalue weighted by atomic mass is 16.5. The Kier molecular flexibility index (Phi) is 4.19. The van der Waals surface area contributed by atoms with Gasteiger partial charge in [-0.05, 0) is 73.5 Å². The van der Waals surface area contributed by atoms with Crippen molar-refractivity contribution < 1.29 is 10.0 Å². The number of carbonyl (C=O) groups is 1. The van der Waals surface area contributed by atoms with Crippen molar-refractivity contribution in [2.24, 2.45) is 17.8 Å². The monoisotopic (exact) mass is 326 g/mol. The van der Waals surface area contributed by atoms with Crippen molar-refractivity contribution >= 4 is 12.0 Å². The summed E-state index contributed by atoms with van der Waals surface area (Å²) in [5.74, 6) is 2.39. The Hall–Kier alpha value is -1.65. The lowest BCUT2D eigenvalue weighted by Crippen LogP contribution is -2.58. The van der Waals surface area contributed by atoms with E-state index in [0.29, 0.717) is 5.54 Å². The number of amides is 1. The molecule has 0 aliphatic heterocycles. The van der Waals surface area contributed by atoms with E-state index in [2.05, 4.69) is 17.4 Å². The van der Waals surface area contributed by atoms with Crippen LogP contribution in [0, 0.1) is 17.8 Å². The maximum Gasteiger partial charge on any atom is 0.267 e. The Labute approximate surface area is 143 Å². The second-order valence-corrected chi connectivity index (χ2v) is 8.10. The van der Waals surface area contributed by atoms with E-state index in [-0.39, 0.29) is 0 Å². The number of hydrogen-bond acceptors (Lipinski definition) is 3. The van der Waals surface area contributed by atoms with Crippen molar-refractivity contribution in [2.45, 2.75) is 50.6 Å². The first kappa shape index (κ1) is 15.9. The topological polar surface area (TPSA) is 61.4 Å². The molecule has 4 heteroatoms. The normalized spacial score (nSPS) is 34.0. The average Bonchev–Trinajstić information content (AvgIpc) is 2.57. The quantitative estimate of drug-likeness (QED) is 0.442. The molecule has 4 aliphatic rings. The fraction of sp³-hybridized carbons (Fsp3) is 0.550. The van der Waals surface area contributed by atoms with Gasteiger partial charge in [-0.1, -0.05) is 24.3 Å². The van der Waals surface area contributed by atoms with Crippen molar-refractivity contribution in [1.82, 2.24) is 10.8 Å². The molecule has 1 aromatic rings. The van der Waals surface area contributed by atoms with Crippen LogP contribution in [0.15, 0.2) is 30.3 Å². The Bertz CT molecular complexity index is 600. The zero-order valence-corrected chi connectivity index (χ0v) is 14.0. The third-order valence-corrected chi connectivity index (χ3v) is 6.22. The van der Waals surface area contributed by atoms with Gasteiger partial charge in [-0.2, -0.15) is 0 Å². The molecule has 1 aromatic carbocycles. The molecule has 4 fully saturated rings. The van der Waals surface area contributed by atoms with E-state index in [0.717, 1.165) is 29.9 Å². The molecule has 128 valence electrons. The van der Waals surface area contributed by atoms with Crippen LogP contribution in [0.1, 0.15) is 49.7 Å². The highest BCUT2D eigenvalue weighted by Gasteiger charge is 2.50. The minimum Gasteiger partial charge on any atom is -0.307 e. The van der Waals surface area contributed by atoms with Gasteiger partial charge in [-0.25, -0.2) is 5.48 Å². The molecular weight excluding hydrogens is 300 g/mol. The fourth-order valence-corrected chi connectivity index (χ4v) is 5.57. The third-order valence-electron chi connectivity index (χ3n) is 6.22. The summed E-state index contributed by atoms with van der Waals surface area (Å²) < 4.78 is 0. The molecule has 4 nitrogen and oxygen atoms in total. The van der Waals surface area contributed by atoms with Crippen LogP contribution in [0.4, 0.5) is 0 Å². The second-order valence-electron chi connectivity index (χ2n) is 8.10. The van der Waals surface area contributed by atoms with Gasteiger partial charge in [0.2, 0.25) is 0 Å². The highest BCUT2D eigenvalue weighted by Crippen LogP contribution is 2.55. The summed E-state index contributed by atoms with van der Waals surface area (Å²) in [5.41, 5.74) is 4.23. The standard InChI is InChI=1S/C20H26N2O2/c23-19(22-24)6-5-14-1-3-15(4-2-14)13-21-20-10-16-7-17(11-20)9-18(8-16)12-20/h1-6,16-18,21,24H,7-13H2,(H,22,23). The summed E-state index contributed by atoms with van der Waals surface area (Å²) >= 11 is 0. The predicted molar refractivity (Wildman–Crippen MR) is 93.1 cm³/mol. The fourth-order valence-electron chi connectivity index (χ4n) is 5.57. The molecule has 0 atom stereocenters. The van der Waals surface area contributed by atoms with Crippen LogP contribution in [0.5, 0.6) is 0 Å². The highest BCUT2D eigenvalue weighted by molar-refractivity contribution is 5.90. The molecule has 1 amide bonds. The third kappa shape index (κ3) is 3.26. The van der Waals surface area contributed by atoms with Crippen LogP contribution >= 0.6 is 0 Å². The zero-order chi connectivity index (χ0) is 16.6. The van der Waals surface area contributed by atoms with Crippen molar-refractivity contribution in [3.8, 4) is 0 Å². The lowest BCUT2D eigenvalue weighted by atomic mass is 9.53. The maximum absolute atomic E-state index is 11.0. The summed E-state index contributed by atoms with van der Waals surface area (Å²) in [6, 6.07) is 8.25. The lowest BCUT2D eigenvalue weighted by Gasteiger charge is -2.57.